The van der Waals surface area contributed by atoms with Gasteiger partial charge in [-0.25, -0.2) is 4.98 Å². The van der Waals surface area contributed by atoms with Crippen molar-refractivity contribution in [1.82, 2.24) is 14.1 Å². The second kappa shape index (κ2) is 16.7. The standard InChI is InChI=1S/C59H46N4O/c1-3-41(4-2)52-38-58(60-39-53(52)44-24-12-7-13-25-44)63-54-31-15-14-28-50(54)51-35-34-47(37-57(51)63)64-46-27-18-26-45(36-46)61-40-62(56-33-17-16-32-55(56)61)59-48(42-20-8-5-9-21-42)29-19-30-49(59)43-22-10-6-11-23-43/h5-39,41H,3-4H2,1-2H3. The number of imidazole rings is 1. The summed E-state index contributed by atoms with van der Waals surface area (Å²) in [5.74, 6) is 2.79. The Labute approximate surface area is 373 Å². The number of aromatic nitrogens is 4. The molecule has 0 saturated heterocycles. The van der Waals surface area contributed by atoms with Gasteiger partial charge in [-0.05, 0) is 94.6 Å². The van der Waals surface area contributed by atoms with Crippen LogP contribution in [-0.2, 0) is 0 Å². The minimum absolute atomic E-state index is 0.407. The Balaban J connectivity index is 1.01. The lowest BCUT2D eigenvalue weighted by molar-refractivity contribution is -0.571. The summed E-state index contributed by atoms with van der Waals surface area (Å²) in [6.07, 6.45) is 7.97. The predicted octanol–water partition coefficient (Wildman–Crippen LogP) is 14.9. The molecule has 8 aromatic carbocycles. The van der Waals surface area contributed by atoms with Crippen LogP contribution in [0, 0.1) is 6.33 Å². The fraction of sp³-hybridized carbons (Fsp3) is 0.0847. The molecule has 308 valence electrons. The molecule has 0 aliphatic heterocycles. The van der Waals surface area contributed by atoms with Gasteiger partial charge in [-0.2, -0.15) is 0 Å². The Kier molecular flexibility index (Phi) is 10.1. The molecule has 3 heterocycles. The maximum Gasteiger partial charge on any atom is 0.269 e. The number of fused-ring (bicyclic) bond motifs is 4. The number of nitrogens with zero attached hydrogens (tertiary/aromatic N) is 4. The molecule has 5 heteroatoms. The van der Waals surface area contributed by atoms with Crippen molar-refractivity contribution in [3.8, 4) is 62.1 Å². The highest BCUT2D eigenvalue weighted by molar-refractivity contribution is 6.09. The van der Waals surface area contributed by atoms with Gasteiger partial charge in [0.05, 0.1) is 33.4 Å². The number of hydrogen-bond acceptors (Lipinski definition) is 2. The van der Waals surface area contributed by atoms with Crippen molar-refractivity contribution in [3.63, 3.8) is 0 Å². The van der Waals surface area contributed by atoms with Crippen LogP contribution in [0.25, 0.3) is 83.4 Å². The van der Waals surface area contributed by atoms with Gasteiger partial charge < -0.3 is 4.74 Å². The van der Waals surface area contributed by atoms with E-state index in [0.717, 1.165) is 91.2 Å². The molecule has 0 radical (unpaired) electrons. The monoisotopic (exact) mass is 826 g/mol. The van der Waals surface area contributed by atoms with Crippen LogP contribution in [0.15, 0.2) is 212 Å². The van der Waals surface area contributed by atoms with Crippen LogP contribution in [0.3, 0.4) is 0 Å². The average molecular weight is 827 g/mol. The molecule has 0 bridgehead atoms. The van der Waals surface area contributed by atoms with E-state index in [4.69, 9.17) is 9.72 Å². The lowest BCUT2D eigenvalue weighted by Gasteiger charge is -2.19. The highest BCUT2D eigenvalue weighted by Gasteiger charge is 2.22. The third-order valence-corrected chi connectivity index (χ3v) is 12.6. The Hall–Kier alpha value is -8.02. The molecule has 0 aliphatic carbocycles. The van der Waals surface area contributed by atoms with E-state index in [1.807, 2.05) is 6.07 Å². The molecule has 0 saturated carbocycles. The Morgan fingerprint density at radius 3 is 1.78 bits per heavy atom. The van der Waals surface area contributed by atoms with Gasteiger partial charge in [0, 0.05) is 28.6 Å². The topological polar surface area (TPSA) is 35.9 Å². The first-order valence-electron chi connectivity index (χ1n) is 22.2. The Morgan fingerprint density at radius 2 is 1.09 bits per heavy atom. The molecule has 0 aliphatic rings. The summed E-state index contributed by atoms with van der Waals surface area (Å²) >= 11 is 0. The third-order valence-electron chi connectivity index (χ3n) is 12.6. The fourth-order valence-electron chi connectivity index (χ4n) is 9.49. The van der Waals surface area contributed by atoms with Gasteiger partial charge in [0.15, 0.2) is 0 Å². The van der Waals surface area contributed by atoms with Crippen LogP contribution in [0.5, 0.6) is 11.5 Å². The van der Waals surface area contributed by atoms with Crippen molar-refractivity contribution in [2.45, 2.75) is 32.6 Å². The highest BCUT2D eigenvalue weighted by atomic mass is 16.5. The number of rotatable bonds is 11. The first-order chi connectivity index (χ1) is 31.7. The molecule has 3 aromatic heterocycles. The number of hydrogen-bond donors (Lipinski definition) is 0. The van der Waals surface area contributed by atoms with Crippen LogP contribution in [0.4, 0.5) is 0 Å². The van der Waals surface area contributed by atoms with Gasteiger partial charge in [-0.1, -0.05) is 172 Å². The summed E-state index contributed by atoms with van der Waals surface area (Å²) < 4.78 is 13.5. The van der Waals surface area contributed by atoms with Crippen LogP contribution < -0.4 is 9.30 Å². The second-order valence-corrected chi connectivity index (χ2v) is 16.3. The number of ether oxygens (including phenoxy) is 1. The average Bonchev–Trinajstić information content (AvgIpc) is 3.91. The molecule has 0 amide bonds. The van der Waals surface area contributed by atoms with Gasteiger partial charge in [0.1, 0.15) is 17.3 Å². The molecular weight excluding hydrogens is 781 g/mol. The van der Waals surface area contributed by atoms with E-state index in [9.17, 15) is 0 Å². The SMILES string of the molecule is CCC(CC)c1cc(-n2c3ccccc3c3ccc(Oc4cccc(-n5[c-][n+](-c6c(-c7ccccc7)cccc6-c6ccccc6)c6ccccc65)c4)cc32)ncc1-c1ccccc1. The zero-order chi connectivity index (χ0) is 43.0. The summed E-state index contributed by atoms with van der Waals surface area (Å²) in [7, 11) is 0. The molecule has 64 heavy (non-hydrogen) atoms. The minimum Gasteiger partial charge on any atom is -0.458 e. The highest BCUT2D eigenvalue weighted by Crippen LogP contribution is 2.39. The van der Waals surface area contributed by atoms with Crippen LogP contribution in [0.1, 0.15) is 38.2 Å². The van der Waals surface area contributed by atoms with Gasteiger partial charge in [0.25, 0.3) is 6.33 Å². The smallest absolute Gasteiger partial charge is 0.269 e. The molecule has 0 N–H and O–H groups in total. The molecule has 0 atom stereocenters. The summed E-state index contributed by atoms with van der Waals surface area (Å²) in [5, 5.41) is 2.33. The molecule has 0 unspecified atom stereocenters. The lowest BCUT2D eigenvalue weighted by atomic mass is 9.88. The lowest BCUT2D eigenvalue weighted by Crippen LogP contribution is -2.31. The molecule has 5 nitrogen and oxygen atoms in total. The summed E-state index contributed by atoms with van der Waals surface area (Å²) in [6.45, 7) is 4.56. The van der Waals surface area contributed by atoms with Crippen molar-refractivity contribution in [1.29, 1.82) is 0 Å². The largest absolute Gasteiger partial charge is 0.458 e. The van der Waals surface area contributed by atoms with Crippen molar-refractivity contribution >= 4 is 32.8 Å². The van der Waals surface area contributed by atoms with Crippen molar-refractivity contribution in [3.05, 3.63) is 224 Å². The van der Waals surface area contributed by atoms with Gasteiger partial charge >= 0.3 is 0 Å². The number of benzene rings is 8. The maximum atomic E-state index is 6.80. The quantitative estimate of drug-likeness (QED) is 0.0962. The first kappa shape index (κ1) is 38.9. The second-order valence-electron chi connectivity index (χ2n) is 16.3. The molecular formula is C59H46N4O. The summed E-state index contributed by atoms with van der Waals surface area (Å²) in [5.41, 5.74) is 14.5. The first-order valence-corrected chi connectivity index (χ1v) is 22.2. The Morgan fingerprint density at radius 1 is 0.516 bits per heavy atom. The van der Waals surface area contributed by atoms with Crippen LogP contribution in [-0.4, -0.2) is 14.1 Å². The molecule has 11 aromatic rings. The van der Waals surface area contributed by atoms with E-state index in [2.05, 4.69) is 240 Å². The van der Waals surface area contributed by atoms with Crippen molar-refractivity contribution in [2.75, 3.05) is 0 Å². The van der Waals surface area contributed by atoms with E-state index in [0.29, 0.717) is 5.92 Å². The zero-order valence-electron chi connectivity index (χ0n) is 35.9. The third kappa shape index (κ3) is 6.92. The van der Waals surface area contributed by atoms with Crippen LogP contribution in [0.2, 0.25) is 0 Å². The number of para-hydroxylation sites is 4. The maximum absolute atomic E-state index is 6.80. The van der Waals surface area contributed by atoms with E-state index < -0.39 is 0 Å². The zero-order valence-corrected chi connectivity index (χ0v) is 35.9. The minimum atomic E-state index is 0.407. The van der Waals surface area contributed by atoms with Crippen molar-refractivity contribution in [2.24, 2.45) is 0 Å². The fourth-order valence-corrected chi connectivity index (χ4v) is 9.49. The van der Waals surface area contributed by atoms with Crippen LogP contribution >= 0.6 is 0 Å². The van der Waals surface area contributed by atoms with E-state index >= 15 is 0 Å². The molecule has 0 fully saturated rings. The molecule has 0 spiro atoms. The van der Waals surface area contributed by atoms with Gasteiger partial charge in [0.2, 0.25) is 0 Å². The Bertz CT molecular complexity index is 3380. The summed E-state index contributed by atoms with van der Waals surface area (Å²) in [4.78, 5) is 5.18. The van der Waals surface area contributed by atoms with E-state index in [-0.39, 0.29) is 0 Å². The van der Waals surface area contributed by atoms with Gasteiger partial charge in [-0.3, -0.25) is 13.7 Å². The van der Waals surface area contributed by atoms with Crippen molar-refractivity contribution < 1.29 is 9.30 Å². The number of pyridine rings is 1. The van der Waals surface area contributed by atoms with Gasteiger partial charge in [-0.15, -0.1) is 0 Å². The van der Waals surface area contributed by atoms with E-state index in [1.54, 1.807) is 0 Å². The predicted molar refractivity (Wildman–Crippen MR) is 262 cm³/mol. The normalized spacial score (nSPS) is 11.5. The van der Waals surface area contributed by atoms with E-state index in [1.165, 1.54) is 22.1 Å². The summed E-state index contributed by atoms with van der Waals surface area (Å²) in [6, 6.07) is 72.5. The molecule has 11 rings (SSSR count).